The summed E-state index contributed by atoms with van der Waals surface area (Å²) in [5.74, 6) is -0.750. The van der Waals surface area contributed by atoms with E-state index in [1.165, 1.54) is 4.90 Å². The summed E-state index contributed by atoms with van der Waals surface area (Å²) in [4.78, 5) is 24.0. The van der Waals surface area contributed by atoms with Crippen molar-refractivity contribution in [2.75, 3.05) is 13.1 Å². The monoisotopic (exact) mass is 244 g/mol. The summed E-state index contributed by atoms with van der Waals surface area (Å²) in [6.07, 6.45) is 0.793. The van der Waals surface area contributed by atoms with Crippen LogP contribution in [-0.4, -0.2) is 40.6 Å². The number of aliphatic carboxylic acids is 1. The van der Waals surface area contributed by atoms with E-state index in [9.17, 15) is 9.59 Å². The minimum absolute atomic E-state index is 0.241. The number of carbonyl (C=O) groups excluding carboxylic acids is 1. The molecule has 17 heavy (non-hydrogen) atoms. The lowest BCUT2D eigenvalue weighted by Crippen LogP contribution is -2.51. The number of carboxylic acids is 1. The second-order valence-corrected chi connectivity index (χ2v) is 5.34. The molecule has 0 aliphatic carbocycles. The van der Waals surface area contributed by atoms with Crippen LogP contribution in [0.25, 0.3) is 0 Å². The fraction of sp³-hybridized carbons (Fsp3) is 0.833. The molecule has 2 amide bonds. The highest BCUT2D eigenvalue weighted by Gasteiger charge is 2.23. The van der Waals surface area contributed by atoms with Gasteiger partial charge < -0.3 is 15.3 Å². The lowest BCUT2D eigenvalue weighted by atomic mass is 10.0. The number of hydrogen-bond acceptors (Lipinski definition) is 2. The Morgan fingerprint density at radius 1 is 1.35 bits per heavy atom. The minimum Gasteiger partial charge on any atom is -0.480 e. The summed E-state index contributed by atoms with van der Waals surface area (Å²) in [5, 5.41) is 11.6. The fourth-order valence-corrected chi connectivity index (χ4v) is 1.28. The van der Waals surface area contributed by atoms with E-state index < -0.39 is 5.97 Å². The van der Waals surface area contributed by atoms with Crippen LogP contribution in [0.1, 0.15) is 41.0 Å². The van der Waals surface area contributed by atoms with Crippen molar-refractivity contribution in [1.29, 1.82) is 0 Å². The zero-order valence-electron chi connectivity index (χ0n) is 11.4. The Kier molecular flexibility index (Phi) is 5.99. The van der Waals surface area contributed by atoms with E-state index in [4.69, 9.17) is 5.11 Å². The van der Waals surface area contributed by atoms with Gasteiger partial charge in [-0.3, -0.25) is 4.79 Å². The van der Waals surface area contributed by atoms with Crippen LogP contribution in [0.15, 0.2) is 0 Å². The molecule has 0 aromatic carbocycles. The number of urea groups is 1. The van der Waals surface area contributed by atoms with Gasteiger partial charge in [0, 0.05) is 12.1 Å². The number of hydrogen-bond donors (Lipinski definition) is 2. The average molecular weight is 244 g/mol. The van der Waals surface area contributed by atoms with Crippen LogP contribution in [0, 0.1) is 5.92 Å². The van der Waals surface area contributed by atoms with Crippen molar-refractivity contribution >= 4 is 12.0 Å². The molecule has 5 heteroatoms. The molecule has 0 radical (unpaired) electrons. The van der Waals surface area contributed by atoms with Gasteiger partial charge in [0.15, 0.2) is 0 Å². The van der Waals surface area contributed by atoms with Crippen LogP contribution >= 0.6 is 0 Å². The first-order valence-corrected chi connectivity index (χ1v) is 5.97. The van der Waals surface area contributed by atoms with E-state index >= 15 is 0 Å². The molecule has 0 unspecified atom stereocenters. The fourth-order valence-electron chi connectivity index (χ4n) is 1.28. The predicted molar refractivity (Wildman–Crippen MR) is 66.9 cm³/mol. The molecule has 0 atom stereocenters. The molecule has 0 aromatic rings. The molecule has 0 bridgehead atoms. The molecule has 0 aliphatic rings. The van der Waals surface area contributed by atoms with Gasteiger partial charge in [0.1, 0.15) is 6.54 Å². The first-order chi connectivity index (χ1) is 7.68. The Labute approximate surface area is 103 Å². The number of carboxylic acid groups (broad SMARTS) is 1. The maximum absolute atomic E-state index is 11.9. The topological polar surface area (TPSA) is 69.6 Å². The highest BCUT2D eigenvalue weighted by molar-refractivity contribution is 5.80. The largest absolute Gasteiger partial charge is 0.480 e. The molecule has 0 aliphatic heterocycles. The normalized spacial score (nSPS) is 11.4. The zero-order chi connectivity index (χ0) is 13.6. The van der Waals surface area contributed by atoms with E-state index in [1.54, 1.807) is 0 Å². The van der Waals surface area contributed by atoms with Crippen molar-refractivity contribution in [2.45, 2.75) is 46.6 Å². The Balaban J connectivity index is 4.57. The van der Waals surface area contributed by atoms with Crippen LogP contribution in [0.3, 0.4) is 0 Å². The van der Waals surface area contributed by atoms with Crippen LogP contribution in [0.4, 0.5) is 4.79 Å². The van der Waals surface area contributed by atoms with Gasteiger partial charge in [0.25, 0.3) is 0 Å². The number of nitrogens with zero attached hydrogens (tertiary/aromatic N) is 1. The zero-order valence-corrected chi connectivity index (χ0v) is 11.4. The van der Waals surface area contributed by atoms with Gasteiger partial charge in [0.2, 0.25) is 0 Å². The van der Waals surface area contributed by atoms with Gasteiger partial charge in [-0.25, -0.2) is 4.79 Å². The molecular formula is C12H24N2O3. The molecule has 0 fully saturated rings. The minimum atomic E-state index is -0.991. The summed E-state index contributed by atoms with van der Waals surface area (Å²) in [7, 11) is 0. The Bertz CT molecular complexity index is 275. The molecule has 0 saturated heterocycles. The van der Waals surface area contributed by atoms with Crippen LogP contribution in [0.5, 0.6) is 0 Å². The van der Waals surface area contributed by atoms with Crippen molar-refractivity contribution in [3.8, 4) is 0 Å². The summed E-state index contributed by atoms with van der Waals surface area (Å²) in [6, 6.07) is -0.312. The smallest absolute Gasteiger partial charge is 0.323 e. The standard InChI is InChI=1S/C12H24N2O3/c1-6-12(4,5)13-11(17)14(7-9(2)3)8-10(15)16/h9H,6-8H2,1-5H3,(H,13,17)(H,15,16). The SMILES string of the molecule is CCC(C)(C)NC(=O)N(CC(=O)O)CC(C)C. The third kappa shape index (κ3) is 6.81. The van der Waals surface area contributed by atoms with Gasteiger partial charge in [-0.1, -0.05) is 20.8 Å². The Hall–Kier alpha value is -1.26. The first-order valence-electron chi connectivity index (χ1n) is 5.97. The summed E-state index contributed by atoms with van der Waals surface area (Å²) in [6.45, 7) is 9.89. The van der Waals surface area contributed by atoms with Gasteiger partial charge in [-0.15, -0.1) is 0 Å². The molecule has 100 valence electrons. The van der Waals surface area contributed by atoms with E-state index in [-0.39, 0.29) is 24.0 Å². The second kappa shape index (κ2) is 6.47. The number of carbonyl (C=O) groups is 2. The molecule has 2 N–H and O–H groups in total. The molecule has 0 spiro atoms. The first kappa shape index (κ1) is 15.7. The highest BCUT2D eigenvalue weighted by atomic mass is 16.4. The van der Waals surface area contributed by atoms with Gasteiger partial charge in [0.05, 0.1) is 0 Å². The average Bonchev–Trinajstić information content (AvgIpc) is 2.14. The maximum atomic E-state index is 11.9. The van der Waals surface area contributed by atoms with Crippen LogP contribution in [-0.2, 0) is 4.79 Å². The highest BCUT2D eigenvalue weighted by Crippen LogP contribution is 2.08. The predicted octanol–water partition coefficient (Wildman–Crippen LogP) is 1.93. The van der Waals surface area contributed by atoms with Crippen molar-refractivity contribution in [1.82, 2.24) is 10.2 Å². The number of rotatable bonds is 6. The van der Waals surface area contributed by atoms with Crippen LogP contribution < -0.4 is 5.32 Å². The summed E-state index contributed by atoms with van der Waals surface area (Å²) < 4.78 is 0. The lowest BCUT2D eigenvalue weighted by molar-refractivity contribution is -0.137. The summed E-state index contributed by atoms with van der Waals surface area (Å²) in [5.41, 5.74) is -0.315. The van der Waals surface area contributed by atoms with E-state index in [2.05, 4.69) is 5.32 Å². The third-order valence-electron chi connectivity index (χ3n) is 2.53. The van der Waals surface area contributed by atoms with Crippen molar-refractivity contribution < 1.29 is 14.7 Å². The summed E-state index contributed by atoms with van der Waals surface area (Å²) >= 11 is 0. The van der Waals surface area contributed by atoms with E-state index in [1.807, 2.05) is 34.6 Å². The second-order valence-electron chi connectivity index (χ2n) is 5.34. The molecular weight excluding hydrogens is 220 g/mol. The molecule has 0 saturated carbocycles. The van der Waals surface area contributed by atoms with Gasteiger partial charge in [-0.2, -0.15) is 0 Å². The maximum Gasteiger partial charge on any atom is 0.323 e. The Morgan fingerprint density at radius 2 is 1.88 bits per heavy atom. The number of nitrogens with one attached hydrogen (secondary N) is 1. The van der Waals surface area contributed by atoms with Crippen molar-refractivity contribution in [3.05, 3.63) is 0 Å². The molecule has 0 rings (SSSR count). The third-order valence-corrected chi connectivity index (χ3v) is 2.53. The Morgan fingerprint density at radius 3 is 2.24 bits per heavy atom. The quantitative estimate of drug-likeness (QED) is 0.750. The molecule has 0 aromatic heterocycles. The molecule has 5 nitrogen and oxygen atoms in total. The molecule has 0 heterocycles. The van der Waals surface area contributed by atoms with E-state index in [0.717, 1.165) is 6.42 Å². The van der Waals surface area contributed by atoms with Gasteiger partial charge >= 0.3 is 12.0 Å². The van der Waals surface area contributed by atoms with Crippen LogP contribution in [0.2, 0.25) is 0 Å². The van der Waals surface area contributed by atoms with Crippen molar-refractivity contribution in [3.63, 3.8) is 0 Å². The van der Waals surface area contributed by atoms with Crippen molar-refractivity contribution in [2.24, 2.45) is 5.92 Å². The lowest BCUT2D eigenvalue weighted by Gasteiger charge is -2.30. The number of amides is 2. The van der Waals surface area contributed by atoms with E-state index in [0.29, 0.717) is 6.54 Å². The van der Waals surface area contributed by atoms with Gasteiger partial charge in [-0.05, 0) is 26.2 Å².